The third-order valence-electron chi connectivity index (χ3n) is 3.75. The van der Waals surface area contributed by atoms with Crippen molar-refractivity contribution < 1.29 is 22.8 Å². The van der Waals surface area contributed by atoms with Gasteiger partial charge in [0, 0.05) is 25.2 Å². The summed E-state index contributed by atoms with van der Waals surface area (Å²) in [5.41, 5.74) is 1.39. The molecule has 2 aromatic rings. The molecular weight excluding hydrogens is 358 g/mol. The van der Waals surface area contributed by atoms with Gasteiger partial charge >= 0.3 is 6.61 Å². The third kappa shape index (κ3) is 6.12. The molecule has 0 radical (unpaired) electrons. The molecule has 1 heterocycles. The summed E-state index contributed by atoms with van der Waals surface area (Å²) in [7, 11) is 3.11. The summed E-state index contributed by atoms with van der Waals surface area (Å²) < 4.78 is 40.1. The minimum Gasteiger partial charge on any atom is -0.497 e. The predicted molar refractivity (Wildman–Crippen MR) is 97.3 cm³/mol. The maximum Gasteiger partial charge on any atom is 0.387 e. The zero-order valence-electron chi connectivity index (χ0n) is 15.8. The first-order valence-electron chi connectivity index (χ1n) is 8.44. The van der Waals surface area contributed by atoms with Gasteiger partial charge in [0.1, 0.15) is 11.5 Å². The second-order valence-corrected chi connectivity index (χ2v) is 6.00. The smallest absolute Gasteiger partial charge is 0.387 e. The number of alkyl halides is 2. The van der Waals surface area contributed by atoms with E-state index in [2.05, 4.69) is 25.5 Å². The van der Waals surface area contributed by atoms with Crippen molar-refractivity contribution in [1.29, 1.82) is 0 Å². The Morgan fingerprint density at radius 2 is 1.96 bits per heavy atom. The molecule has 9 heteroatoms. The number of halogens is 2. The van der Waals surface area contributed by atoms with Crippen LogP contribution in [0.4, 0.5) is 8.78 Å². The zero-order valence-corrected chi connectivity index (χ0v) is 15.8. The molecule has 148 valence electrons. The van der Waals surface area contributed by atoms with Gasteiger partial charge in [-0.15, -0.1) is 0 Å². The average Bonchev–Trinajstić information content (AvgIpc) is 3.12. The number of hydrogen-bond acceptors (Lipinski definition) is 5. The maximum atomic E-state index is 12.6. The van der Waals surface area contributed by atoms with Gasteiger partial charge in [-0.2, -0.15) is 8.78 Å². The number of guanidine groups is 1. The molecule has 0 aliphatic carbocycles. The molecule has 0 unspecified atom stereocenters. The number of benzene rings is 1. The topological polar surface area (TPSA) is 80.9 Å². The molecule has 0 amide bonds. The molecule has 0 aliphatic heterocycles. The Hall–Kier alpha value is -2.84. The van der Waals surface area contributed by atoms with Gasteiger partial charge < -0.3 is 24.6 Å². The van der Waals surface area contributed by atoms with E-state index >= 15 is 0 Å². The SMILES string of the molecule is CN=C(NCc1cc(C(C)C)no1)NCc1cc(OC)ccc1OC(F)F. The van der Waals surface area contributed by atoms with Crippen LogP contribution in [0, 0.1) is 0 Å². The molecule has 2 rings (SSSR count). The number of nitrogens with zero attached hydrogens (tertiary/aromatic N) is 2. The van der Waals surface area contributed by atoms with Crippen LogP contribution < -0.4 is 20.1 Å². The highest BCUT2D eigenvalue weighted by atomic mass is 19.3. The Labute approximate surface area is 156 Å². The molecule has 2 N–H and O–H groups in total. The van der Waals surface area contributed by atoms with E-state index in [0.717, 1.165) is 5.69 Å². The van der Waals surface area contributed by atoms with Gasteiger partial charge in [0.05, 0.1) is 19.3 Å². The van der Waals surface area contributed by atoms with Crippen molar-refractivity contribution in [3.63, 3.8) is 0 Å². The van der Waals surface area contributed by atoms with Crippen molar-refractivity contribution in [2.45, 2.75) is 39.5 Å². The molecule has 1 aromatic heterocycles. The van der Waals surface area contributed by atoms with E-state index in [4.69, 9.17) is 9.26 Å². The summed E-state index contributed by atoms with van der Waals surface area (Å²) in [6.45, 7) is 1.76. The maximum absolute atomic E-state index is 12.6. The first kappa shape index (κ1) is 20.5. The largest absolute Gasteiger partial charge is 0.497 e. The van der Waals surface area contributed by atoms with Crippen molar-refractivity contribution in [3.05, 3.63) is 41.3 Å². The Bertz CT molecular complexity index is 763. The quantitative estimate of drug-likeness (QED) is 0.539. The molecule has 0 aliphatic rings. The van der Waals surface area contributed by atoms with Crippen LogP contribution in [0.2, 0.25) is 0 Å². The standard InChI is InChI=1S/C18H24F2N4O3/c1-11(2)15-8-14(27-24-15)10-23-18(21-3)22-9-12-7-13(25-4)5-6-16(12)26-17(19)20/h5-8,11,17H,9-10H2,1-4H3,(H2,21,22,23). The van der Waals surface area contributed by atoms with Gasteiger partial charge in [0.2, 0.25) is 0 Å². The molecule has 0 bridgehead atoms. The Kier molecular flexibility index (Phi) is 7.39. The van der Waals surface area contributed by atoms with Gasteiger partial charge in [-0.05, 0) is 24.1 Å². The first-order valence-corrected chi connectivity index (χ1v) is 8.44. The average molecular weight is 382 g/mol. The second-order valence-electron chi connectivity index (χ2n) is 6.00. The minimum absolute atomic E-state index is 0.0746. The highest BCUT2D eigenvalue weighted by Crippen LogP contribution is 2.25. The predicted octanol–water partition coefficient (Wildman–Crippen LogP) is 3.27. The number of hydrogen-bond donors (Lipinski definition) is 2. The van der Waals surface area contributed by atoms with E-state index in [1.165, 1.54) is 13.2 Å². The lowest BCUT2D eigenvalue weighted by molar-refractivity contribution is -0.0505. The van der Waals surface area contributed by atoms with Crippen LogP contribution in [0.15, 0.2) is 33.8 Å². The van der Waals surface area contributed by atoms with Crippen LogP contribution in [0.25, 0.3) is 0 Å². The summed E-state index contributed by atoms with van der Waals surface area (Å²) in [6, 6.07) is 6.51. The number of rotatable bonds is 8. The third-order valence-corrected chi connectivity index (χ3v) is 3.75. The van der Waals surface area contributed by atoms with Crippen LogP contribution in [0.5, 0.6) is 11.5 Å². The lowest BCUT2D eigenvalue weighted by Gasteiger charge is -2.15. The summed E-state index contributed by atoms with van der Waals surface area (Å²) in [4.78, 5) is 4.11. The van der Waals surface area contributed by atoms with Crippen molar-refractivity contribution >= 4 is 5.96 Å². The molecule has 0 saturated carbocycles. The first-order chi connectivity index (χ1) is 12.9. The number of aliphatic imine (C=N–C) groups is 1. The Balaban J connectivity index is 1.98. The lowest BCUT2D eigenvalue weighted by Crippen LogP contribution is -2.36. The molecule has 0 fully saturated rings. The van der Waals surface area contributed by atoms with E-state index in [9.17, 15) is 8.78 Å². The van der Waals surface area contributed by atoms with Gasteiger partial charge in [0.25, 0.3) is 0 Å². The van der Waals surface area contributed by atoms with Crippen LogP contribution in [-0.4, -0.2) is 31.9 Å². The van der Waals surface area contributed by atoms with Crippen molar-refractivity contribution in [3.8, 4) is 11.5 Å². The van der Waals surface area contributed by atoms with Gasteiger partial charge in [-0.25, -0.2) is 0 Å². The van der Waals surface area contributed by atoms with Crippen molar-refractivity contribution in [2.24, 2.45) is 4.99 Å². The van der Waals surface area contributed by atoms with Crippen LogP contribution >= 0.6 is 0 Å². The molecule has 0 spiro atoms. The fourth-order valence-electron chi connectivity index (χ4n) is 2.29. The van der Waals surface area contributed by atoms with Crippen molar-refractivity contribution in [1.82, 2.24) is 15.8 Å². The molecule has 1 aromatic carbocycles. The normalized spacial score (nSPS) is 11.8. The highest BCUT2D eigenvalue weighted by molar-refractivity contribution is 5.79. The van der Waals surface area contributed by atoms with Crippen LogP contribution in [-0.2, 0) is 13.1 Å². The van der Waals surface area contributed by atoms with E-state index in [0.29, 0.717) is 29.6 Å². The number of nitrogens with one attached hydrogen (secondary N) is 2. The fraction of sp³-hybridized carbons (Fsp3) is 0.444. The summed E-state index contributed by atoms with van der Waals surface area (Å²) in [6.07, 6.45) is 0. The van der Waals surface area contributed by atoms with Gasteiger partial charge in [-0.1, -0.05) is 19.0 Å². The number of ether oxygens (including phenoxy) is 2. The van der Waals surface area contributed by atoms with Crippen LogP contribution in [0.1, 0.15) is 36.8 Å². The molecule has 27 heavy (non-hydrogen) atoms. The molecule has 0 atom stereocenters. The van der Waals surface area contributed by atoms with E-state index < -0.39 is 6.61 Å². The summed E-state index contributed by atoms with van der Waals surface area (Å²) in [5, 5.41) is 10.1. The zero-order chi connectivity index (χ0) is 19.8. The fourth-order valence-corrected chi connectivity index (χ4v) is 2.29. The lowest BCUT2D eigenvalue weighted by atomic mass is 10.1. The van der Waals surface area contributed by atoms with E-state index in [1.807, 2.05) is 19.9 Å². The molecule has 0 saturated heterocycles. The molecular formula is C18H24F2N4O3. The number of methoxy groups -OCH3 is 1. The van der Waals surface area contributed by atoms with Gasteiger partial charge in [-0.3, -0.25) is 4.99 Å². The minimum atomic E-state index is -2.91. The van der Waals surface area contributed by atoms with E-state index in [-0.39, 0.29) is 18.2 Å². The second kappa shape index (κ2) is 9.75. The van der Waals surface area contributed by atoms with E-state index in [1.54, 1.807) is 19.2 Å². The summed E-state index contributed by atoms with van der Waals surface area (Å²) >= 11 is 0. The van der Waals surface area contributed by atoms with Crippen molar-refractivity contribution in [2.75, 3.05) is 14.2 Å². The Morgan fingerprint density at radius 1 is 1.22 bits per heavy atom. The highest BCUT2D eigenvalue weighted by Gasteiger charge is 2.12. The Morgan fingerprint density at radius 3 is 2.56 bits per heavy atom. The monoisotopic (exact) mass is 382 g/mol. The molecule has 7 nitrogen and oxygen atoms in total. The van der Waals surface area contributed by atoms with Gasteiger partial charge in [0.15, 0.2) is 11.7 Å². The van der Waals surface area contributed by atoms with Crippen LogP contribution in [0.3, 0.4) is 0 Å². The summed E-state index contributed by atoms with van der Waals surface area (Å²) in [5.74, 6) is 2.04. The number of aromatic nitrogens is 1.